The minimum absolute atomic E-state index is 0.0470. The number of aliphatic hydroxyl groups excluding tert-OH is 1. The lowest BCUT2D eigenvalue weighted by molar-refractivity contribution is 0.142. The molecule has 0 bridgehead atoms. The van der Waals surface area contributed by atoms with Crippen LogP contribution >= 0.6 is 39.1 Å². The Kier molecular flexibility index (Phi) is 5.60. The zero-order valence-electron chi connectivity index (χ0n) is 11.2. The molecule has 0 saturated heterocycles. The zero-order chi connectivity index (χ0) is 15.7. The fourth-order valence-electron chi connectivity index (χ4n) is 2.64. The summed E-state index contributed by atoms with van der Waals surface area (Å²) >= 11 is 15.3. The summed E-state index contributed by atoms with van der Waals surface area (Å²) < 4.78 is 28.4. The molecule has 0 spiro atoms. The van der Waals surface area contributed by atoms with Crippen molar-refractivity contribution in [2.24, 2.45) is 0 Å². The minimum atomic E-state index is -3.90. The third-order valence-corrected chi connectivity index (χ3v) is 6.65. The monoisotopic (exact) mass is 415 g/mol. The molecule has 1 aliphatic rings. The first kappa shape index (κ1) is 17.5. The van der Waals surface area contributed by atoms with Crippen LogP contribution in [0.3, 0.4) is 0 Å². The molecule has 118 valence electrons. The molecule has 8 heteroatoms. The summed E-state index contributed by atoms with van der Waals surface area (Å²) in [4.78, 5) is -0.146. The number of benzene rings is 1. The molecule has 0 heterocycles. The van der Waals surface area contributed by atoms with Crippen LogP contribution in [-0.2, 0) is 10.0 Å². The van der Waals surface area contributed by atoms with E-state index in [-0.39, 0.29) is 21.5 Å². The number of sulfonamides is 1. The fourth-order valence-corrected chi connectivity index (χ4v) is 6.03. The largest absolute Gasteiger partial charge is 0.394 e. The van der Waals surface area contributed by atoms with Gasteiger partial charge in [0.25, 0.3) is 0 Å². The number of hydrogen-bond acceptors (Lipinski definition) is 3. The summed E-state index contributed by atoms with van der Waals surface area (Å²) in [6.45, 7) is -0.238. The highest BCUT2D eigenvalue weighted by Gasteiger charge is 2.37. The van der Waals surface area contributed by atoms with Gasteiger partial charge in [-0.15, -0.1) is 0 Å². The van der Waals surface area contributed by atoms with Gasteiger partial charge in [-0.05, 0) is 25.0 Å². The van der Waals surface area contributed by atoms with Crippen molar-refractivity contribution in [3.63, 3.8) is 0 Å². The predicted molar refractivity (Wildman–Crippen MR) is 87.4 cm³/mol. The topological polar surface area (TPSA) is 66.4 Å². The van der Waals surface area contributed by atoms with Crippen molar-refractivity contribution in [2.75, 3.05) is 6.61 Å². The van der Waals surface area contributed by atoms with E-state index in [9.17, 15) is 13.5 Å². The maximum Gasteiger partial charge on any atom is 0.244 e. The highest BCUT2D eigenvalue weighted by Crippen LogP contribution is 2.35. The van der Waals surface area contributed by atoms with E-state index in [1.54, 1.807) is 0 Å². The van der Waals surface area contributed by atoms with Crippen LogP contribution in [-0.4, -0.2) is 25.7 Å². The molecule has 0 unspecified atom stereocenters. The first-order valence-corrected chi connectivity index (χ1v) is 9.62. The minimum Gasteiger partial charge on any atom is -0.394 e. The highest BCUT2D eigenvalue weighted by molar-refractivity contribution is 9.10. The average molecular weight is 417 g/mol. The standard InChI is InChI=1S/C13H16BrCl2NO3S/c14-9-6-10(15)12(11(16)7-9)21(19,20)17-13(8-18)4-2-1-3-5-13/h6-7,17-18H,1-5,8H2. The van der Waals surface area contributed by atoms with E-state index in [1.165, 1.54) is 12.1 Å². The van der Waals surface area contributed by atoms with Gasteiger partial charge >= 0.3 is 0 Å². The van der Waals surface area contributed by atoms with E-state index in [1.807, 2.05) is 0 Å². The summed E-state index contributed by atoms with van der Waals surface area (Å²) in [6.07, 6.45) is 4.02. The van der Waals surface area contributed by atoms with E-state index < -0.39 is 15.6 Å². The number of rotatable bonds is 4. The summed E-state index contributed by atoms with van der Waals surface area (Å²) in [5.74, 6) is 0. The molecule has 4 nitrogen and oxygen atoms in total. The molecule has 1 aliphatic carbocycles. The smallest absolute Gasteiger partial charge is 0.244 e. The maximum atomic E-state index is 12.6. The van der Waals surface area contributed by atoms with Gasteiger partial charge in [0.15, 0.2) is 0 Å². The summed E-state index contributed by atoms with van der Waals surface area (Å²) in [5, 5.41) is 9.73. The van der Waals surface area contributed by atoms with E-state index >= 15 is 0 Å². The third kappa shape index (κ3) is 3.92. The van der Waals surface area contributed by atoms with Gasteiger partial charge in [-0.2, -0.15) is 0 Å². The van der Waals surface area contributed by atoms with Crippen molar-refractivity contribution in [3.8, 4) is 0 Å². The molecule has 21 heavy (non-hydrogen) atoms. The van der Waals surface area contributed by atoms with E-state index in [2.05, 4.69) is 20.7 Å². The maximum absolute atomic E-state index is 12.6. The van der Waals surface area contributed by atoms with Crippen LogP contribution in [0.1, 0.15) is 32.1 Å². The number of aliphatic hydroxyl groups is 1. The van der Waals surface area contributed by atoms with Crippen molar-refractivity contribution < 1.29 is 13.5 Å². The molecule has 0 atom stereocenters. The lowest BCUT2D eigenvalue weighted by atomic mass is 9.83. The number of hydrogen-bond donors (Lipinski definition) is 2. The van der Waals surface area contributed by atoms with Gasteiger partial charge in [0, 0.05) is 4.47 Å². The van der Waals surface area contributed by atoms with Gasteiger partial charge in [-0.1, -0.05) is 58.4 Å². The Morgan fingerprint density at radius 1 is 1.19 bits per heavy atom. The molecular weight excluding hydrogens is 401 g/mol. The van der Waals surface area contributed by atoms with Gasteiger partial charge in [0.2, 0.25) is 10.0 Å². The summed E-state index contributed by atoms with van der Waals surface area (Å²) in [6, 6.07) is 2.96. The molecule has 0 amide bonds. The molecule has 0 radical (unpaired) electrons. The van der Waals surface area contributed by atoms with Gasteiger partial charge in [-0.25, -0.2) is 13.1 Å². The van der Waals surface area contributed by atoms with Crippen molar-refractivity contribution in [3.05, 3.63) is 26.7 Å². The van der Waals surface area contributed by atoms with Crippen molar-refractivity contribution in [2.45, 2.75) is 42.5 Å². The second kappa shape index (κ2) is 6.72. The Hall–Kier alpha value is 0.150. The first-order valence-electron chi connectivity index (χ1n) is 6.59. The van der Waals surface area contributed by atoms with Crippen LogP contribution < -0.4 is 4.72 Å². The Morgan fingerprint density at radius 2 is 1.71 bits per heavy atom. The molecule has 1 saturated carbocycles. The highest BCUT2D eigenvalue weighted by atomic mass is 79.9. The van der Waals surface area contributed by atoms with Crippen LogP contribution in [0.25, 0.3) is 0 Å². The average Bonchev–Trinajstić information content (AvgIpc) is 2.37. The first-order chi connectivity index (χ1) is 9.80. The molecule has 1 aromatic carbocycles. The Balaban J connectivity index is 2.38. The lowest BCUT2D eigenvalue weighted by Crippen LogP contribution is -2.52. The Morgan fingerprint density at radius 3 is 2.19 bits per heavy atom. The number of halogens is 3. The van der Waals surface area contributed by atoms with Crippen molar-refractivity contribution in [1.29, 1.82) is 0 Å². The Bertz CT molecular complexity index is 607. The van der Waals surface area contributed by atoms with Gasteiger partial charge in [0.1, 0.15) is 4.90 Å². The van der Waals surface area contributed by atoms with Gasteiger partial charge < -0.3 is 5.11 Å². The normalized spacial score (nSPS) is 18.7. The van der Waals surface area contributed by atoms with E-state index in [4.69, 9.17) is 23.2 Å². The van der Waals surface area contributed by atoms with E-state index in [0.29, 0.717) is 17.3 Å². The lowest BCUT2D eigenvalue weighted by Gasteiger charge is -2.36. The van der Waals surface area contributed by atoms with Crippen LogP contribution in [0.5, 0.6) is 0 Å². The summed E-state index contributed by atoms with van der Waals surface area (Å²) in [5.41, 5.74) is -0.823. The third-order valence-electron chi connectivity index (χ3n) is 3.70. The molecule has 0 aromatic heterocycles. The molecule has 0 aliphatic heterocycles. The Labute approximate surface area is 143 Å². The zero-order valence-corrected chi connectivity index (χ0v) is 15.1. The SMILES string of the molecule is O=S(=O)(NC1(CO)CCCCC1)c1c(Cl)cc(Br)cc1Cl. The second-order valence-electron chi connectivity index (χ2n) is 5.30. The van der Waals surface area contributed by atoms with Gasteiger partial charge in [0.05, 0.1) is 22.2 Å². The van der Waals surface area contributed by atoms with Crippen LogP contribution in [0.2, 0.25) is 10.0 Å². The number of nitrogens with one attached hydrogen (secondary N) is 1. The molecular formula is C13H16BrCl2NO3S. The van der Waals surface area contributed by atoms with Crippen LogP contribution in [0, 0.1) is 0 Å². The molecule has 2 rings (SSSR count). The van der Waals surface area contributed by atoms with Crippen LogP contribution in [0.15, 0.2) is 21.5 Å². The van der Waals surface area contributed by atoms with E-state index in [0.717, 1.165) is 19.3 Å². The van der Waals surface area contributed by atoms with Crippen molar-refractivity contribution in [1.82, 2.24) is 4.72 Å². The quantitative estimate of drug-likeness (QED) is 0.785. The molecule has 2 N–H and O–H groups in total. The predicted octanol–water partition coefficient (Wildman–Crippen LogP) is 3.73. The second-order valence-corrected chi connectivity index (χ2v) is 8.65. The molecule has 1 aromatic rings. The van der Waals surface area contributed by atoms with Crippen LogP contribution in [0.4, 0.5) is 0 Å². The summed E-state index contributed by atoms with van der Waals surface area (Å²) in [7, 11) is -3.90. The van der Waals surface area contributed by atoms with Crippen molar-refractivity contribution >= 4 is 49.2 Å². The molecule has 1 fully saturated rings. The van der Waals surface area contributed by atoms with Gasteiger partial charge in [-0.3, -0.25) is 0 Å². The fraction of sp³-hybridized carbons (Fsp3) is 0.538.